The number of carbonyl (C=O) groups excluding carboxylic acids is 1. The van der Waals surface area contributed by atoms with Gasteiger partial charge < -0.3 is 9.84 Å². The predicted molar refractivity (Wildman–Crippen MR) is 54.1 cm³/mol. The van der Waals surface area contributed by atoms with Crippen LogP contribution in [0.25, 0.3) is 0 Å². The highest BCUT2D eigenvalue weighted by Crippen LogP contribution is 2.13. The highest BCUT2D eigenvalue weighted by Gasteiger charge is 2.17. The zero-order valence-corrected chi connectivity index (χ0v) is 8.61. The highest BCUT2D eigenvalue weighted by molar-refractivity contribution is 6.02. The molecule has 0 aliphatic heterocycles. The SMILES string of the molecule is CCOC(=O)c1ccc(C)cc1C(=O)O. The number of esters is 1. The number of aromatic carboxylic acids is 1. The summed E-state index contributed by atoms with van der Waals surface area (Å²) in [6.07, 6.45) is 0. The molecule has 4 nitrogen and oxygen atoms in total. The number of carbonyl (C=O) groups is 2. The minimum absolute atomic E-state index is 0.0200. The number of aryl methyl sites for hydroxylation is 1. The second kappa shape index (κ2) is 4.59. The summed E-state index contributed by atoms with van der Waals surface area (Å²) in [5.41, 5.74) is 0.865. The summed E-state index contributed by atoms with van der Waals surface area (Å²) in [4.78, 5) is 22.3. The molecule has 0 unspecified atom stereocenters. The standard InChI is InChI=1S/C11H12O4/c1-3-15-11(14)8-5-4-7(2)6-9(8)10(12)13/h4-6H,3H2,1-2H3,(H,12,13). The molecule has 0 aliphatic carbocycles. The molecule has 1 rings (SSSR count). The second-order valence-electron chi connectivity index (χ2n) is 3.07. The summed E-state index contributed by atoms with van der Waals surface area (Å²) >= 11 is 0. The first kappa shape index (κ1) is 11.2. The van der Waals surface area contributed by atoms with Gasteiger partial charge in [0, 0.05) is 0 Å². The van der Waals surface area contributed by atoms with Crippen molar-refractivity contribution < 1.29 is 19.4 Å². The van der Waals surface area contributed by atoms with Gasteiger partial charge in [-0.1, -0.05) is 11.6 Å². The molecule has 0 fully saturated rings. The topological polar surface area (TPSA) is 63.6 Å². The molecular formula is C11H12O4. The summed E-state index contributed by atoms with van der Waals surface area (Å²) in [7, 11) is 0. The van der Waals surface area contributed by atoms with Crippen LogP contribution in [0.3, 0.4) is 0 Å². The molecule has 0 bridgehead atoms. The Balaban J connectivity index is 3.17. The van der Waals surface area contributed by atoms with Crippen molar-refractivity contribution >= 4 is 11.9 Å². The van der Waals surface area contributed by atoms with Crippen LogP contribution in [0.4, 0.5) is 0 Å². The van der Waals surface area contributed by atoms with Crippen molar-refractivity contribution in [1.82, 2.24) is 0 Å². The first-order chi connectivity index (χ1) is 7.06. The molecule has 0 radical (unpaired) electrons. The molecule has 1 aromatic carbocycles. The molecule has 0 aromatic heterocycles. The first-order valence-corrected chi connectivity index (χ1v) is 4.57. The molecule has 1 N–H and O–H groups in total. The fourth-order valence-electron chi connectivity index (χ4n) is 1.22. The molecule has 80 valence electrons. The first-order valence-electron chi connectivity index (χ1n) is 4.57. The third kappa shape index (κ3) is 2.56. The van der Waals surface area contributed by atoms with Crippen LogP contribution in [-0.4, -0.2) is 23.7 Å². The van der Waals surface area contributed by atoms with Gasteiger partial charge in [0.1, 0.15) is 0 Å². The van der Waals surface area contributed by atoms with E-state index < -0.39 is 11.9 Å². The summed E-state index contributed by atoms with van der Waals surface area (Å²) in [6, 6.07) is 4.60. The van der Waals surface area contributed by atoms with Gasteiger partial charge in [-0.2, -0.15) is 0 Å². The fourth-order valence-corrected chi connectivity index (χ4v) is 1.22. The van der Waals surface area contributed by atoms with Gasteiger partial charge in [-0.3, -0.25) is 0 Å². The van der Waals surface area contributed by atoms with Crippen LogP contribution < -0.4 is 0 Å². The molecule has 15 heavy (non-hydrogen) atoms. The highest BCUT2D eigenvalue weighted by atomic mass is 16.5. The lowest BCUT2D eigenvalue weighted by Gasteiger charge is -2.06. The normalized spacial score (nSPS) is 9.73. The Morgan fingerprint density at radius 1 is 1.33 bits per heavy atom. The van der Waals surface area contributed by atoms with Gasteiger partial charge >= 0.3 is 11.9 Å². The van der Waals surface area contributed by atoms with E-state index in [9.17, 15) is 9.59 Å². The van der Waals surface area contributed by atoms with Crippen LogP contribution in [0.5, 0.6) is 0 Å². The maximum atomic E-state index is 11.4. The predicted octanol–water partition coefficient (Wildman–Crippen LogP) is 1.87. The number of rotatable bonds is 3. The quantitative estimate of drug-likeness (QED) is 0.770. The Bertz CT molecular complexity index is 396. The van der Waals surface area contributed by atoms with Crippen LogP contribution in [0.15, 0.2) is 18.2 Å². The summed E-state index contributed by atoms with van der Waals surface area (Å²) in [6.45, 7) is 3.67. The van der Waals surface area contributed by atoms with E-state index in [4.69, 9.17) is 9.84 Å². The zero-order chi connectivity index (χ0) is 11.4. The Morgan fingerprint density at radius 2 is 2.00 bits per heavy atom. The number of benzene rings is 1. The van der Waals surface area contributed by atoms with E-state index in [0.717, 1.165) is 5.56 Å². The van der Waals surface area contributed by atoms with Gasteiger partial charge in [0.15, 0.2) is 0 Å². The molecule has 0 saturated carbocycles. The monoisotopic (exact) mass is 208 g/mol. The van der Waals surface area contributed by atoms with Crippen LogP contribution in [0, 0.1) is 6.92 Å². The van der Waals surface area contributed by atoms with Gasteiger partial charge in [-0.25, -0.2) is 9.59 Å². The molecule has 0 aliphatic rings. The molecule has 0 saturated heterocycles. The van der Waals surface area contributed by atoms with Gasteiger partial charge in [-0.15, -0.1) is 0 Å². The van der Waals surface area contributed by atoms with E-state index in [1.54, 1.807) is 19.9 Å². The number of hydrogen-bond donors (Lipinski definition) is 1. The lowest BCUT2D eigenvalue weighted by atomic mass is 10.0. The van der Waals surface area contributed by atoms with E-state index in [-0.39, 0.29) is 17.7 Å². The number of carboxylic acids is 1. The van der Waals surface area contributed by atoms with Gasteiger partial charge in [0.25, 0.3) is 0 Å². The maximum Gasteiger partial charge on any atom is 0.338 e. The summed E-state index contributed by atoms with van der Waals surface area (Å²) in [5, 5.41) is 8.90. The number of ether oxygens (including phenoxy) is 1. The van der Waals surface area contributed by atoms with Crippen molar-refractivity contribution in [3.63, 3.8) is 0 Å². The average Bonchev–Trinajstić information content (AvgIpc) is 2.17. The van der Waals surface area contributed by atoms with Crippen LogP contribution >= 0.6 is 0 Å². The minimum atomic E-state index is -1.12. The zero-order valence-electron chi connectivity index (χ0n) is 8.61. The Kier molecular flexibility index (Phi) is 3.44. The molecule has 4 heteroatoms. The van der Waals surface area contributed by atoms with Crippen molar-refractivity contribution in [3.05, 3.63) is 34.9 Å². The minimum Gasteiger partial charge on any atom is -0.478 e. The lowest BCUT2D eigenvalue weighted by Crippen LogP contribution is -2.11. The van der Waals surface area contributed by atoms with E-state index in [0.29, 0.717) is 0 Å². The van der Waals surface area contributed by atoms with Crippen molar-refractivity contribution in [1.29, 1.82) is 0 Å². The van der Waals surface area contributed by atoms with Gasteiger partial charge in [0.2, 0.25) is 0 Å². The molecule has 0 heterocycles. The second-order valence-corrected chi connectivity index (χ2v) is 3.07. The van der Waals surface area contributed by atoms with Crippen molar-refractivity contribution in [2.75, 3.05) is 6.61 Å². The van der Waals surface area contributed by atoms with Crippen LogP contribution in [0.2, 0.25) is 0 Å². The van der Waals surface area contributed by atoms with E-state index in [2.05, 4.69) is 0 Å². The van der Waals surface area contributed by atoms with Crippen molar-refractivity contribution in [3.8, 4) is 0 Å². The van der Waals surface area contributed by atoms with Crippen LogP contribution in [0.1, 0.15) is 33.2 Å². The smallest absolute Gasteiger partial charge is 0.338 e. The van der Waals surface area contributed by atoms with E-state index in [1.807, 2.05) is 0 Å². The molecule has 0 amide bonds. The Morgan fingerprint density at radius 3 is 2.53 bits per heavy atom. The summed E-state index contributed by atoms with van der Waals surface area (Å²) < 4.78 is 4.76. The largest absolute Gasteiger partial charge is 0.478 e. The van der Waals surface area contributed by atoms with Crippen molar-refractivity contribution in [2.24, 2.45) is 0 Å². The lowest BCUT2D eigenvalue weighted by molar-refractivity contribution is 0.0514. The third-order valence-corrected chi connectivity index (χ3v) is 1.90. The number of hydrogen-bond acceptors (Lipinski definition) is 3. The fraction of sp³-hybridized carbons (Fsp3) is 0.273. The summed E-state index contributed by atoms with van der Waals surface area (Å²) in [5.74, 6) is -1.73. The molecule has 0 spiro atoms. The van der Waals surface area contributed by atoms with E-state index >= 15 is 0 Å². The Hall–Kier alpha value is -1.84. The third-order valence-electron chi connectivity index (χ3n) is 1.90. The van der Waals surface area contributed by atoms with Gasteiger partial charge in [-0.05, 0) is 26.0 Å². The van der Waals surface area contributed by atoms with Crippen LogP contribution in [-0.2, 0) is 4.74 Å². The van der Waals surface area contributed by atoms with Crippen molar-refractivity contribution in [2.45, 2.75) is 13.8 Å². The molecule has 0 atom stereocenters. The number of carboxylic acid groups (broad SMARTS) is 1. The molecular weight excluding hydrogens is 196 g/mol. The van der Waals surface area contributed by atoms with E-state index in [1.165, 1.54) is 12.1 Å². The van der Waals surface area contributed by atoms with Gasteiger partial charge in [0.05, 0.1) is 17.7 Å². The molecule has 1 aromatic rings. The maximum absolute atomic E-state index is 11.4. The average molecular weight is 208 g/mol. The Labute approximate surface area is 87.5 Å².